The minimum atomic E-state index is -0.435. The maximum Gasteiger partial charge on any atom is 0.203 e. The number of nitrogens with one attached hydrogen (secondary N) is 1. The first kappa shape index (κ1) is 9.06. The lowest BCUT2D eigenvalue weighted by Crippen LogP contribution is -1.99. The van der Waals surface area contributed by atoms with Crippen LogP contribution >= 0.6 is 15.9 Å². The zero-order chi connectivity index (χ0) is 9.14. The van der Waals surface area contributed by atoms with E-state index >= 15 is 0 Å². The summed E-state index contributed by atoms with van der Waals surface area (Å²) < 4.78 is 12.9. The van der Waals surface area contributed by atoms with Crippen LogP contribution < -0.4 is 0 Å². The van der Waals surface area contributed by atoms with E-state index in [1.165, 1.54) is 18.2 Å². The second-order valence-electron chi connectivity index (χ2n) is 2.14. The molecule has 0 aliphatic rings. The topological polar surface area (TPSA) is 40.9 Å². The molecule has 2 nitrogen and oxygen atoms in total. The van der Waals surface area contributed by atoms with Crippen molar-refractivity contribution < 1.29 is 9.18 Å². The Morgan fingerprint density at radius 3 is 2.75 bits per heavy atom. The molecule has 0 atom stereocenters. The van der Waals surface area contributed by atoms with Crippen molar-refractivity contribution in [3.63, 3.8) is 0 Å². The number of hydrogen-bond donors (Lipinski definition) is 1. The van der Waals surface area contributed by atoms with E-state index in [9.17, 15) is 9.18 Å². The fourth-order valence-electron chi connectivity index (χ4n) is 0.733. The van der Waals surface area contributed by atoms with E-state index in [4.69, 9.17) is 5.41 Å². The summed E-state index contributed by atoms with van der Waals surface area (Å²) in [6.07, 6.45) is 0.694. The molecule has 0 unspecified atom stereocenters. The summed E-state index contributed by atoms with van der Waals surface area (Å²) in [5.41, 5.74) is 0.304. The molecular formula is C8H5BrFNO. The molecule has 1 aromatic rings. The molecule has 1 N–H and O–H groups in total. The maximum absolute atomic E-state index is 12.7. The standard InChI is InChI=1S/C8H5BrFNO/c9-6-3-5(8(12)4-11)1-2-7(6)10/h1-4,11H. The van der Waals surface area contributed by atoms with Crippen LogP contribution in [0.25, 0.3) is 0 Å². The van der Waals surface area contributed by atoms with E-state index in [-0.39, 0.29) is 4.47 Å². The maximum atomic E-state index is 12.7. The summed E-state index contributed by atoms with van der Waals surface area (Å²) in [5.74, 6) is -0.854. The number of rotatable bonds is 2. The smallest absolute Gasteiger partial charge is 0.203 e. The second-order valence-corrected chi connectivity index (χ2v) is 2.99. The third kappa shape index (κ3) is 1.76. The normalized spacial score (nSPS) is 9.50. The lowest BCUT2D eigenvalue weighted by atomic mass is 10.1. The van der Waals surface area contributed by atoms with Gasteiger partial charge < -0.3 is 5.41 Å². The highest BCUT2D eigenvalue weighted by atomic mass is 79.9. The number of hydrogen-bond acceptors (Lipinski definition) is 2. The lowest BCUT2D eigenvalue weighted by molar-refractivity contribution is 0.107. The summed E-state index contributed by atoms with van der Waals surface area (Å²) >= 11 is 2.94. The van der Waals surface area contributed by atoms with E-state index in [0.717, 1.165) is 0 Å². The molecule has 0 saturated carbocycles. The van der Waals surface area contributed by atoms with Gasteiger partial charge in [0.25, 0.3) is 0 Å². The molecular weight excluding hydrogens is 225 g/mol. The van der Waals surface area contributed by atoms with Gasteiger partial charge in [0.2, 0.25) is 5.78 Å². The summed E-state index contributed by atoms with van der Waals surface area (Å²) in [5, 5.41) is 6.69. The van der Waals surface area contributed by atoms with Gasteiger partial charge in [0.05, 0.1) is 10.7 Å². The van der Waals surface area contributed by atoms with Crippen LogP contribution in [-0.4, -0.2) is 12.0 Å². The largest absolute Gasteiger partial charge is 0.305 e. The molecule has 0 amide bonds. The molecule has 0 saturated heterocycles. The molecule has 0 radical (unpaired) electrons. The molecule has 0 fully saturated rings. The van der Waals surface area contributed by atoms with Crippen LogP contribution in [0.2, 0.25) is 0 Å². The first-order valence-electron chi connectivity index (χ1n) is 3.15. The lowest BCUT2D eigenvalue weighted by Gasteiger charge is -1.96. The predicted octanol–water partition coefficient (Wildman–Crippen LogP) is 2.42. The SMILES string of the molecule is N=CC(=O)c1ccc(F)c(Br)c1. The van der Waals surface area contributed by atoms with Crippen molar-refractivity contribution in [1.29, 1.82) is 5.41 Å². The summed E-state index contributed by atoms with van der Waals surface area (Å²) in [6, 6.07) is 3.87. The van der Waals surface area contributed by atoms with Crippen molar-refractivity contribution in [3.05, 3.63) is 34.1 Å². The minimum Gasteiger partial charge on any atom is -0.305 e. The van der Waals surface area contributed by atoms with Crippen LogP contribution in [0.15, 0.2) is 22.7 Å². The first-order valence-corrected chi connectivity index (χ1v) is 3.94. The van der Waals surface area contributed by atoms with Gasteiger partial charge in [0.1, 0.15) is 5.82 Å². The second kappa shape index (κ2) is 3.58. The van der Waals surface area contributed by atoms with Crippen LogP contribution in [0.5, 0.6) is 0 Å². The number of Topliss-reactive ketones (excluding diaryl/α,β-unsaturated/α-hetero) is 1. The molecule has 12 heavy (non-hydrogen) atoms. The van der Waals surface area contributed by atoms with Crippen LogP contribution in [0.1, 0.15) is 10.4 Å². The van der Waals surface area contributed by atoms with Crippen LogP contribution in [0, 0.1) is 11.2 Å². The minimum absolute atomic E-state index is 0.232. The van der Waals surface area contributed by atoms with E-state index in [1.807, 2.05) is 0 Å². The molecule has 0 aromatic heterocycles. The quantitative estimate of drug-likeness (QED) is 0.615. The number of carbonyl (C=O) groups excluding carboxylic acids is 1. The van der Waals surface area contributed by atoms with Gasteiger partial charge in [-0.25, -0.2) is 4.39 Å². The Morgan fingerprint density at radius 1 is 1.58 bits per heavy atom. The molecule has 0 aliphatic heterocycles. The highest BCUT2D eigenvalue weighted by molar-refractivity contribution is 9.10. The molecule has 1 aromatic carbocycles. The fourth-order valence-corrected chi connectivity index (χ4v) is 1.11. The average Bonchev–Trinajstić information content (AvgIpc) is 2.08. The van der Waals surface area contributed by atoms with Gasteiger partial charge in [-0.3, -0.25) is 4.79 Å². The Balaban J connectivity index is 3.13. The van der Waals surface area contributed by atoms with E-state index < -0.39 is 11.6 Å². The first-order chi connectivity index (χ1) is 5.65. The average molecular weight is 230 g/mol. The van der Waals surface area contributed by atoms with Crippen molar-refractivity contribution in [2.24, 2.45) is 0 Å². The number of benzene rings is 1. The van der Waals surface area contributed by atoms with Crippen molar-refractivity contribution >= 4 is 27.9 Å². The van der Waals surface area contributed by atoms with Crippen molar-refractivity contribution in [2.75, 3.05) is 0 Å². The van der Waals surface area contributed by atoms with Gasteiger partial charge in [-0.15, -0.1) is 0 Å². The monoisotopic (exact) mass is 229 g/mol. The molecule has 0 bridgehead atoms. The fraction of sp³-hybridized carbons (Fsp3) is 0. The number of ketones is 1. The van der Waals surface area contributed by atoms with Crippen LogP contribution in [-0.2, 0) is 0 Å². The van der Waals surface area contributed by atoms with Gasteiger partial charge >= 0.3 is 0 Å². The summed E-state index contributed by atoms with van der Waals surface area (Å²) in [6.45, 7) is 0. The Labute approximate surface area is 77.0 Å². The molecule has 0 spiro atoms. The molecule has 0 heterocycles. The molecule has 0 aliphatic carbocycles. The third-order valence-corrected chi connectivity index (χ3v) is 1.94. The van der Waals surface area contributed by atoms with Crippen LogP contribution in [0.4, 0.5) is 4.39 Å². The van der Waals surface area contributed by atoms with Gasteiger partial charge in [0, 0.05) is 5.56 Å². The van der Waals surface area contributed by atoms with Gasteiger partial charge in [-0.05, 0) is 34.1 Å². The molecule has 62 valence electrons. The van der Waals surface area contributed by atoms with Gasteiger partial charge in [-0.2, -0.15) is 0 Å². The highest BCUT2D eigenvalue weighted by Gasteiger charge is 2.04. The van der Waals surface area contributed by atoms with E-state index in [1.54, 1.807) is 0 Å². The zero-order valence-electron chi connectivity index (χ0n) is 5.97. The number of halogens is 2. The summed E-state index contributed by atoms with van der Waals surface area (Å²) in [7, 11) is 0. The van der Waals surface area contributed by atoms with Crippen molar-refractivity contribution in [2.45, 2.75) is 0 Å². The van der Waals surface area contributed by atoms with Gasteiger partial charge in [-0.1, -0.05) is 0 Å². The van der Waals surface area contributed by atoms with E-state index in [2.05, 4.69) is 15.9 Å². The Morgan fingerprint density at radius 2 is 2.25 bits per heavy atom. The Hall–Kier alpha value is -1.03. The summed E-state index contributed by atoms with van der Waals surface area (Å²) in [4.78, 5) is 10.9. The predicted molar refractivity (Wildman–Crippen MR) is 47.2 cm³/mol. The Kier molecular flexibility index (Phi) is 2.70. The third-order valence-electron chi connectivity index (χ3n) is 1.34. The molecule has 1 rings (SSSR count). The van der Waals surface area contributed by atoms with Crippen molar-refractivity contribution in [1.82, 2.24) is 0 Å². The molecule has 4 heteroatoms. The number of carbonyl (C=O) groups is 1. The zero-order valence-corrected chi connectivity index (χ0v) is 7.56. The van der Waals surface area contributed by atoms with Gasteiger partial charge in [0.15, 0.2) is 0 Å². The van der Waals surface area contributed by atoms with Crippen molar-refractivity contribution in [3.8, 4) is 0 Å². The van der Waals surface area contributed by atoms with Crippen LogP contribution in [0.3, 0.4) is 0 Å². The highest BCUT2D eigenvalue weighted by Crippen LogP contribution is 2.16. The Bertz CT molecular complexity index is 338. The van der Waals surface area contributed by atoms with E-state index in [0.29, 0.717) is 11.8 Å².